The second-order valence-electron chi connectivity index (χ2n) is 5.84. The van der Waals surface area contributed by atoms with Gasteiger partial charge in [-0.15, -0.1) is 0 Å². The molecular formula is C19H20FNO3. The number of hydrogen-bond acceptors (Lipinski definition) is 3. The highest BCUT2D eigenvalue weighted by Crippen LogP contribution is 2.22. The Morgan fingerprint density at radius 3 is 2.75 bits per heavy atom. The first kappa shape index (κ1) is 16.5. The molecule has 0 bridgehead atoms. The molecule has 1 aliphatic heterocycles. The third-order valence-corrected chi connectivity index (χ3v) is 3.95. The molecule has 4 nitrogen and oxygen atoms in total. The van der Waals surface area contributed by atoms with Crippen molar-refractivity contribution in [2.45, 2.75) is 19.6 Å². The first-order chi connectivity index (χ1) is 11.6. The molecule has 1 heterocycles. The van der Waals surface area contributed by atoms with Crippen molar-refractivity contribution >= 4 is 5.91 Å². The molecule has 1 saturated heterocycles. The molecule has 0 N–H and O–H groups in total. The van der Waals surface area contributed by atoms with E-state index in [2.05, 4.69) is 0 Å². The smallest absolute Gasteiger partial charge is 0.257 e. The largest absolute Gasteiger partial charge is 0.488 e. The summed E-state index contributed by atoms with van der Waals surface area (Å²) in [6.45, 7) is 3.94. The molecule has 3 rings (SSSR count). The number of halogens is 1. The maximum Gasteiger partial charge on any atom is 0.257 e. The SMILES string of the molecule is CC1CN(C(=O)c2ccccc2OCc2ccc(F)cc2)CCO1. The molecule has 1 atom stereocenters. The highest BCUT2D eigenvalue weighted by molar-refractivity contribution is 5.97. The number of carbonyl (C=O) groups excluding carboxylic acids is 1. The van der Waals surface area contributed by atoms with Crippen molar-refractivity contribution in [2.75, 3.05) is 19.7 Å². The molecule has 0 aromatic heterocycles. The second kappa shape index (κ2) is 7.45. The van der Waals surface area contributed by atoms with E-state index in [1.165, 1.54) is 12.1 Å². The summed E-state index contributed by atoms with van der Waals surface area (Å²) in [5.41, 5.74) is 1.38. The van der Waals surface area contributed by atoms with Gasteiger partial charge in [-0.1, -0.05) is 24.3 Å². The third kappa shape index (κ3) is 3.92. The Hall–Kier alpha value is -2.40. The molecule has 0 spiro atoms. The Kier molecular flexibility index (Phi) is 5.11. The van der Waals surface area contributed by atoms with Gasteiger partial charge in [-0.25, -0.2) is 4.39 Å². The van der Waals surface area contributed by atoms with Crippen molar-refractivity contribution < 1.29 is 18.7 Å². The highest BCUT2D eigenvalue weighted by atomic mass is 19.1. The maximum atomic E-state index is 13.0. The number of rotatable bonds is 4. The zero-order chi connectivity index (χ0) is 16.9. The van der Waals surface area contributed by atoms with Gasteiger partial charge in [0.05, 0.1) is 18.3 Å². The highest BCUT2D eigenvalue weighted by Gasteiger charge is 2.24. The van der Waals surface area contributed by atoms with Gasteiger partial charge in [0.25, 0.3) is 5.91 Å². The van der Waals surface area contributed by atoms with E-state index >= 15 is 0 Å². The standard InChI is InChI=1S/C19H20FNO3/c1-14-12-21(10-11-23-14)19(22)17-4-2-3-5-18(17)24-13-15-6-8-16(20)9-7-15/h2-9,14H,10-13H2,1H3. The molecule has 1 unspecified atom stereocenters. The molecule has 2 aromatic carbocycles. The molecular weight excluding hydrogens is 309 g/mol. The van der Waals surface area contributed by atoms with Crippen LogP contribution in [0.3, 0.4) is 0 Å². The molecule has 126 valence electrons. The molecule has 2 aromatic rings. The van der Waals surface area contributed by atoms with Crippen LogP contribution in [0, 0.1) is 5.82 Å². The van der Waals surface area contributed by atoms with E-state index in [0.717, 1.165) is 5.56 Å². The van der Waals surface area contributed by atoms with Crippen LogP contribution in [0.1, 0.15) is 22.8 Å². The van der Waals surface area contributed by atoms with Gasteiger partial charge in [-0.2, -0.15) is 0 Å². The van der Waals surface area contributed by atoms with E-state index in [0.29, 0.717) is 31.0 Å². The minimum Gasteiger partial charge on any atom is -0.488 e. The minimum absolute atomic E-state index is 0.0370. The van der Waals surface area contributed by atoms with Gasteiger partial charge in [-0.3, -0.25) is 4.79 Å². The van der Waals surface area contributed by atoms with Crippen LogP contribution < -0.4 is 4.74 Å². The molecule has 1 fully saturated rings. The average Bonchev–Trinajstić information content (AvgIpc) is 2.61. The van der Waals surface area contributed by atoms with Gasteiger partial charge in [0, 0.05) is 13.1 Å². The average molecular weight is 329 g/mol. The normalized spacial score (nSPS) is 17.6. The number of benzene rings is 2. The zero-order valence-corrected chi connectivity index (χ0v) is 13.6. The minimum atomic E-state index is -0.282. The summed E-state index contributed by atoms with van der Waals surface area (Å²) in [5.74, 6) is 0.196. The predicted molar refractivity (Wildman–Crippen MR) is 88.5 cm³/mol. The van der Waals surface area contributed by atoms with Crippen LogP contribution in [0.4, 0.5) is 4.39 Å². The number of ether oxygens (including phenoxy) is 2. The number of carbonyl (C=O) groups is 1. The lowest BCUT2D eigenvalue weighted by molar-refractivity contribution is -0.0125. The molecule has 1 aliphatic rings. The van der Waals surface area contributed by atoms with Crippen LogP contribution >= 0.6 is 0 Å². The lowest BCUT2D eigenvalue weighted by Gasteiger charge is -2.31. The Labute approximate surface area is 140 Å². The van der Waals surface area contributed by atoms with Gasteiger partial charge in [0.2, 0.25) is 0 Å². The Bertz CT molecular complexity index is 702. The summed E-state index contributed by atoms with van der Waals surface area (Å²) in [6.07, 6.45) is 0.0370. The monoisotopic (exact) mass is 329 g/mol. The molecule has 0 aliphatic carbocycles. The molecule has 1 amide bonds. The second-order valence-corrected chi connectivity index (χ2v) is 5.84. The summed E-state index contributed by atoms with van der Waals surface area (Å²) in [6, 6.07) is 13.3. The molecule has 0 radical (unpaired) electrons. The number of para-hydroxylation sites is 1. The van der Waals surface area contributed by atoms with E-state index in [-0.39, 0.29) is 24.4 Å². The molecule has 24 heavy (non-hydrogen) atoms. The van der Waals surface area contributed by atoms with Crippen molar-refractivity contribution in [2.24, 2.45) is 0 Å². The fraction of sp³-hybridized carbons (Fsp3) is 0.316. The summed E-state index contributed by atoms with van der Waals surface area (Å²) < 4.78 is 24.2. The lowest BCUT2D eigenvalue weighted by Crippen LogP contribution is -2.44. The number of morpholine rings is 1. The van der Waals surface area contributed by atoms with Crippen molar-refractivity contribution in [3.8, 4) is 5.75 Å². The number of nitrogens with zero attached hydrogens (tertiary/aromatic N) is 1. The Balaban J connectivity index is 1.72. The van der Waals surface area contributed by atoms with E-state index in [1.807, 2.05) is 19.1 Å². The number of amides is 1. The van der Waals surface area contributed by atoms with Gasteiger partial charge in [0.1, 0.15) is 18.2 Å². The first-order valence-corrected chi connectivity index (χ1v) is 8.00. The van der Waals surface area contributed by atoms with E-state index in [9.17, 15) is 9.18 Å². The van der Waals surface area contributed by atoms with Crippen molar-refractivity contribution in [1.29, 1.82) is 0 Å². The van der Waals surface area contributed by atoms with E-state index in [1.54, 1.807) is 29.2 Å². The summed E-state index contributed by atoms with van der Waals surface area (Å²) in [7, 11) is 0. The van der Waals surface area contributed by atoms with E-state index < -0.39 is 0 Å². The molecule has 5 heteroatoms. The summed E-state index contributed by atoms with van der Waals surface area (Å²) in [5, 5.41) is 0. The summed E-state index contributed by atoms with van der Waals surface area (Å²) in [4.78, 5) is 14.5. The van der Waals surface area contributed by atoms with Crippen LogP contribution in [0.25, 0.3) is 0 Å². The van der Waals surface area contributed by atoms with Crippen LogP contribution in [-0.2, 0) is 11.3 Å². The maximum absolute atomic E-state index is 13.0. The lowest BCUT2D eigenvalue weighted by atomic mass is 10.1. The van der Waals surface area contributed by atoms with Crippen molar-refractivity contribution in [3.63, 3.8) is 0 Å². The Morgan fingerprint density at radius 1 is 1.25 bits per heavy atom. The van der Waals surface area contributed by atoms with Gasteiger partial charge >= 0.3 is 0 Å². The fourth-order valence-corrected chi connectivity index (χ4v) is 2.68. The van der Waals surface area contributed by atoms with Crippen molar-refractivity contribution in [1.82, 2.24) is 4.90 Å². The van der Waals surface area contributed by atoms with Gasteiger partial charge < -0.3 is 14.4 Å². The zero-order valence-electron chi connectivity index (χ0n) is 13.6. The predicted octanol–water partition coefficient (Wildman–Crippen LogP) is 3.27. The summed E-state index contributed by atoms with van der Waals surface area (Å²) >= 11 is 0. The quantitative estimate of drug-likeness (QED) is 0.864. The third-order valence-electron chi connectivity index (χ3n) is 3.95. The molecule has 0 saturated carbocycles. The van der Waals surface area contributed by atoms with Crippen molar-refractivity contribution in [3.05, 3.63) is 65.5 Å². The van der Waals surface area contributed by atoms with Crippen LogP contribution in [0.5, 0.6) is 5.75 Å². The fourth-order valence-electron chi connectivity index (χ4n) is 2.68. The van der Waals surface area contributed by atoms with Gasteiger partial charge in [0.15, 0.2) is 0 Å². The van der Waals surface area contributed by atoms with Crippen LogP contribution in [0.15, 0.2) is 48.5 Å². The van der Waals surface area contributed by atoms with Crippen LogP contribution in [0.2, 0.25) is 0 Å². The van der Waals surface area contributed by atoms with Gasteiger partial charge in [-0.05, 0) is 36.8 Å². The first-order valence-electron chi connectivity index (χ1n) is 8.00. The topological polar surface area (TPSA) is 38.8 Å². The van der Waals surface area contributed by atoms with Crippen LogP contribution in [-0.4, -0.2) is 36.6 Å². The Morgan fingerprint density at radius 2 is 2.00 bits per heavy atom. The number of hydrogen-bond donors (Lipinski definition) is 0. The van der Waals surface area contributed by atoms with E-state index in [4.69, 9.17) is 9.47 Å².